The van der Waals surface area contributed by atoms with Gasteiger partial charge in [0.25, 0.3) is 0 Å². The van der Waals surface area contributed by atoms with E-state index in [-0.39, 0.29) is 0 Å². The summed E-state index contributed by atoms with van der Waals surface area (Å²) in [5, 5.41) is 3.59. The SMILES string of the molecule is CN(C)Cc1ccc(S(=O)(=O)N2CCC(NCC3CC3)CC2)cc1. The van der Waals surface area contributed by atoms with Crippen molar-refractivity contribution in [1.82, 2.24) is 14.5 Å². The lowest BCUT2D eigenvalue weighted by Crippen LogP contribution is -2.45. The summed E-state index contributed by atoms with van der Waals surface area (Å²) in [7, 11) is 0.654. The molecule has 1 saturated carbocycles. The van der Waals surface area contributed by atoms with Crippen molar-refractivity contribution < 1.29 is 8.42 Å². The predicted molar refractivity (Wildman–Crippen MR) is 96.3 cm³/mol. The molecule has 5 nitrogen and oxygen atoms in total. The number of nitrogens with one attached hydrogen (secondary N) is 1. The van der Waals surface area contributed by atoms with E-state index in [1.807, 2.05) is 26.2 Å². The molecule has 2 fully saturated rings. The number of nitrogens with zero attached hydrogens (tertiary/aromatic N) is 2. The maximum atomic E-state index is 12.8. The van der Waals surface area contributed by atoms with E-state index in [1.54, 1.807) is 16.4 Å². The molecule has 1 aromatic rings. The van der Waals surface area contributed by atoms with Gasteiger partial charge in [-0.05, 0) is 69.9 Å². The van der Waals surface area contributed by atoms with E-state index in [4.69, 9.17) is 0 Å². The van der Waals surface area contributed by atoms with Gasteiger partial charge >= 0.3 is 0 Å². The summed E-state index contributed by atoms with van der Waals surface area (Å²) < 4.78 is 27.2. The summed E-state index contributed by atoms with van der Waals surface area (Å²) in [6, 6.07) is 7.78. The molecule has 24 heavy (non-hydrogen) atoms. The Hall–Kier alpha value is -0.950. The summed E-state index contributed by atoms with van der Waals surface area (Å²) in [6.45, 7) is 3.15. The Morgan fingerprint density at radius 3 is 2.25 bits per heavy atom. The van der Waals surface area contributed by atoms with Gasteiger partial charge in [-0.1, -0.05) is 12.1 Å². The topological polar surface area (TPSA) is 52.7 Å². The molecule has 1 N–H and O–H groups in total. The van der Waals surface area contributed by atoms with Crippen molar-refractivity contribution in [2.45, 2.75) is 43.2 Å². The molecule has 0 amide bonds. The normalized spacial score (nSPS) is 20.6. The van der Waals surface area contributed by atoms with Crippen LogP contribution in [0.15, 0.2) is 29.2 Å². The fourth-order valence-electron chi connectivity index (χ4n) is 3.24. The maximum Gasteiger partial charge on any atom is 0.243 e. The molecule has 1 aromatic carbocycles. The van der Waals surface area contributed by atoms with Crippen molar-refractivity contribution in [1.29, 1.82) is 0 Å². The molecule has 1 aliphatic heterocycles. The van der Waals surface area contributed by atoms with Crippen molar-refractivity contribution in [2.75, 3.05) is 33.7 Å². The van der Waals surface area contributed by atoms with Crippen molar-refractivity contribution in [2.24, 2.45) is 5.92 Å². The lowest BCUT2D eigenvalue weighted by molar-refractivity contribution is 0.288. The van der Waals surface area contributed by atoms with E-state index in [2.05, 4.69) is 10.2 Å². The summed E-state index contributed by atoms with van der Waals surface area (Å²) >= 11 is 0. The van der Waals surface area contributed by atoms with Gasteiger partial charge < -0.3 is 10.2 Å². The molecule has 1 saturated heterocycles. The Labute approximate surface area is 146 Å². The molecule has 0 atom stereocenters. The molecular weight excluding hydrogens is 322 g/mol. The number of rotatable bonds is 7. The fraction of sp³-hybridized carbons (Fsp3) is 0.667. The minimum Gasteiger partial charge on any atom is -0.314 e. The molecular formula is C18H29N3O2S. The molecule has 2 aliphatic rings. The van der Waals surface area contributed by atoms with Gasteiger partial charge in [0.15, 0.2) is 0 Å². The third kappa shape index (κ3) is 4.57. The van der Waals surface area contributed by atoms with Crippen molar-refractivity contribution in [3.8, 4) is 0 Å². The van der Waals surface area contributed by atoms with Crippen LogP contribution in [0.3, 0.4) is 0 Å². The van der Waals surface area contributed by atoms with Gasteiger partial charge in [-0.15, -0.1) is 0 Å². The highest BCUT2D eigenvalue weighted by molar-refractivity contribution is 7.89. The zero-order valence-corrected chi connectivity index (χ0v) is 15.6. The smallest absolute Gasteiger partial charge is 0.243 e. The zero-order chi connectivity index (χ0) is 17.2. The van der Waals surface area contributed by atoms with E-state index in [0.29, 0.717) is 24.0 Å². The van der Waals surface area contributed by atoms with Crippen LogP contribution in [0.1, 0.15) is 31.2 Å². The first-order chi connectivity index (χ1) is 11.4. The fourth-order valence-corrected chi connectivity index (χ4v) is 4.71. The Balaban J connectivity index is 1.56. The molecule has 3 rings (SSSR count). The summed E-state index contributed by atoms with van der Waals surface area (Å²) in [4.78, 5) is 2.48. The van der Waals surface area contributed by atoms with Crippen LogP contribution < -0.4 is 5.32 Å². The predicted octanol–water partition coefficient (Wildman–Crippen LogP) is 1.90. The van der Waals surface area contributed by atoms with Crippen molar-refractivity contribution in [3.05, 3.63) is 29.8 Å². The summed E-state index contributed by atoms with van der Waals surface area (Å²) in [5.41, 5.74) is 1.13. The third-order valence-electron chi connectivity index (χ3n) is 4.91. The van der Waals surface area contributed by atoms with Gasteiger partial charge in [-0.3, -0.25) is 0 Å². The molecule has 0 spiro atoms. The summed E-state index contributed by atoms with van der Waals surface area (Å²) in [5.74, 6) is 0.868. The van der Waals surface area contributed by atoms with Gasteiger partial charge in [-0.2, -0.15) is 4.31 Å². The van der Waals surface area contributed by atoms with Gasteiger partial charge in [0.05, 0.1) is 4.90 Å². The van der Waals surface area contributed by atoms with Gasteiger partial charge in [0.1, 0.15) is 0 Å². The lowest BCUT2D eigenvalue weighted by atomic mass is 10.1. The average Bonchev–Trinajstić information content (AvgIpc) is 3.38. The molecule has 0 bridgehead atoms. The maximum absolute atomic E-state index is 12.8. The largest absolute Gasteiger partial charge is 0.314 e. The standard InChI is InChI=1S/C18H29N3O2S/c1-20(2)14-16-5-7-18(8-6-16)24(22,23)21-11-9-17(10-12-21)19-13-15-3-4-15/h5-8,15,17,19H,3-4,9-14H2,1-2H3. The Bertz CT molecular complexity index is 631. The van der Waals surface area contributed by atoms with Crippen LogP contribution in [-0.4, -0.2) is 57.4 Å². The first-order valence-electron chi connectivity index (χ1n) is 8.92. The van der Waals surface area contributed by atoms with Gasteiger partial charge in [0.2, 0.25) is 10.0 Å². The number of piperidine rings is 1. The molecule has 1 heterocycles. The second kappa shape index (κ2) is 7.52. The van der Waals surface area contributed by atoms with Crippen LogP contribution in [0.25, 0.3) is 0 Å². The highest BCUT2D eigenvalue weighted by Crippen LogP contribution is 2.28. The van der Waals surface area contributed by atoms with Crippen LogP contribution in [-0.2, 0) is 16.6 Å². The lowest BCUT2D eigenvalue weighted by Gasteiger charge is -2.31. The van der Waals surface area contributed by atoms with Crippen LogP contribution in [0.4, 0.5) is 0 Å². The van der Waals surface area contributed by atoms with Gasteiger partial charge in [-0.25, -0.2) is 8.42 Å². The van der Waals surface area contributed by atoms with E-state index in [0.717, 1.165) is 37.4 Å². The molecule has 6 heteroatoms. The van der Waals surface area contributed by atoms with Crippen LogP contribution in [0.2, 0.25) is 0 Å². The number of benzene rings is 1. The molecule has 1 aliphatic carbocycles. The van der Waals surface area contributed by atoms with Crippen LogP contribution in [0, 0.1) is 5.92 Å². The second-order valence-corrected chi connectivity index (χ2v) is 9.35. The van der Waals surface area contributed by atoms with E-state index < -0.39 is 10.0 Å². The highest BCUT2D eigenvalue weighted by Gasteiger charge is 2.30. The Morgan fingerprint density at radius 2 is 1.71 bits per heavy atom. The Kier molecular flexibility index (Phi) is 5.59. The van der Waals surface area contributed by atoms with Gasteiger partial charge in [0, 0.05) is 25.7 Å². The Morgan fingerprint density at radius 1 is 1.08 bits per heavy atom. The van der Waals surface area contributed by atoms with E-state index in [9.17, 15) is 8.42 Å². The first-order valence-corrected chi connectivity index (χ1v) is 10.4. The quantitative estimate of drug-likeness (QED) is 0.815. The number of hydrogen-bond donors (Lipinski definition) is 1. The monoisotopic (exact) mass is 351 g/mol. The van der Waals surface area contributed by atoms with Crippen molar-refractivity contribution in [3.63, 3.8) is 0 Å². The molecule has 0 unspecified atom stereocenters. The number of hydrogen-bond acceptors (Lipinski definition) is 4. The van der Waals surface area contributed by atoms with E-state index in [1.165, 1.54) is 12.8 Å². The van der Waals surface area contributed by atoms with E-state index >= 15 is 0 Å². The van der Waals surface area contributed by atoms with Crippen LogP contribution in [0.5, 0.6) is 0 Å². The molecule has 0 radical (unpaired) electrons. The third-order valence-corrected chi connectivity index (χ3v) is 6.82. The first kappa shape index (κ1) is 17.9. The number of sulfonamides is 1. The minimum absolute atomic E-state index is 0.411. The molecule has 0 aromatic heterocycles. The average molecular weight is 352 g/mol. The summed E-state index contributed by atoms with van der Waals surface area (Å²) in [6.07, 6.45) is 4.52. The zero-order valence-electron chi connectivity index (χ0n) is 14.7. The second-order valence-electron chi connectivity index (χ2n) is 7.41. The molecule has 134 valence electrons. The van der Waals surface area contributed by atoms with Crippen LogP contribution >= 0.6 is 0 Å². The highest BCUT2D eigenvalue weighted by atomic mass is 32.2. The minimum atomic E-state index is -3.36. The van der Waals surface area contributed by atoms with Crippen molar-refractivity contribution >= 4 is 10.0 Å².